The van der Waals surface area contributed by atoms with Crippen LogP contribution in [-0.4, -0.2) is 29.4 Å². The van der Waals surface area contributed by atoms with Crippen LogP contribution < -0.4 is 5.48 Å². The van der Waals surface area contributed by atoms with Crippen molar-refractivity contribution in [3.8, 4) is 0 Å². The van der Waals surface area contributed by atoms with E-state index in [9.17, 15) is 4.79 Å². The van der Waals surface area contributed by atoms with E-state index in [0.29, 0.717) is 0 Å². The molecule has 5 nitrogen and oxygen atoms in total. The molecule has 5 heteroatoms. The van der Waals surface area contributed by atoms with Crippen LogP contribution in [0.1, 0.15) is 12.8 Å². The van der Waals surface area contributed by atoms with Crippen LogP contribution in [0, 0.1) is 0 Å². The molecule has 0 unspecified atom stereocenters. The number of rotatable bonds is 2. The smallest absolute Gasteiger partial charge is 0.430 e. The molecule has 10 heavy (non-hydrogen) atoms. The molecule has 0 saturated carbocycles. The van der Waals surface area contributed by atoms with E-state index in [2.05, 4.69) is 4.94 Å². The number of nitrogens with zero attached hydrogens (tertiary/aromatic N) is 1. The standard InChI is InChI=1S/C5H10N2O3/c8-5(9)6-10-7-3-1-2-4-7/h6H,1-4H2,(H,8,9). The lowest BCUT2D eigenvalue weighted by atomic mass is 10.4. The van der Waals surface area contributed by atoms with Crippen molar-refractivity contribution in [3.05, 3.63) is 0 Å². The molecule has 0 aromatic heterocycles. The molecule has 0 spiro atoms. The van der Waals surface area contributed by atoms with Crippen LogP contribution >= 0.6 is 0 Å². The summed E-state index contributed by atoms with van der Waals surface area (Å²) in [6.07, 6.45) is 0.981. The molecule has 0 aromatic rings. The number of carboxylic acid groups (broad SMARTS) is 1. The third-order valence-corrected chi connectivity index (χ3v) is 1.33. The summed E-state index contributed by atoms with van der Waals surface area (Å²) in [6.45, 7) is 1.61. The summed E-state index contributed by atoms with van der Waals surface area (Å²) in [7, 11) is 0. The van der Waals surface area contributed by atoms with Gasteiger partial charge in [0.05, 0.1) is 0 Å². The first-order chi connectivity index (χ1) is 4.79. The Hall–Kier alpha value is -0.810. The summed E-state index contributed by atoms with van der Waals surface area (Å²) >= 11 is 0. The van der Waals surface area contributed by atoms with Crippen molar-refractivity contribution < 1.29 is 14.8 Å². The quantitative estimate of drug-likeness (QED) is 0.546. The van der Waals surface area contributed by atoms with Gasteiger partial charge in [0.25, 0.3) is 0 Å². The number of carbonyl (C=O) groups is 1. The zero-order chi connectivity index (χ0) is 7.40. The molecule has 0 aromatic carbocycles. The van der Waals surface area contributed by atoms with Crippen molar-refractivity contribution in [2.45, 2.75) is 12.8 Å². The van der Waals surface area contributed by atoms with Crippen LogP contribution in [0.15, 0.2) is 0 Å². The van der Waals surface area contributed by atoms with Crippen LogP contribution in [-0.2, 0) is 4.94 Å². The van der Waals surface area contributed by atoms with Crippen molar-refractivity contribution in [2.24, 2.45) is 0 Å². The molecule has 0 radical (unpaired) electrons. The molecule has 0 atom stereocenters. The van der Waals surface area contributed by atoms with Gasteiger partial charge in [-0.3, -0.25) is 0 Å². The fourth-order valence-electron chi connectivity index (χ4n) is 0.883. The first-order valence-corrected chi connectivity index (χ1v) is 3.20. The highest BCUT2D eigenvalue weighted by Gasteiger charge is 2.12. The van der Waals surface area contributed by atoms with Gasteiger partial charge in [0, 0.05) is 13.1 Å². The van der Waals surface area contributed by atoms with Crippen LogP contribution in [0.2, 0.25) is 0 Å². The average molecular weight is 146 g/mol. The molecule has 2 N–H and O–H groups in total. The van der Waals surface area contributed by atoms with E-state index in [-0.39, 0.29) is 0 Å². The van der Waals surface area contributed by atoms with Gasteiger partial charge in [0.1, 0.15) is 0 Å². The molecular weight excluding hydrogens is 136 g/mol. The molecule has 1 rings (SSSR count). The molecule has 0 aliphatic carbocycles. The Bertz CT molecular complexity index is 122. The van der Waals surface area contributed by atoms with Crippen molar-refractivity contribution in [2.75, 3.05) is 13.1 Å². The summed E-state index contributed by atoms with van der Waals surface area (Å²) < 4.78 is 0. The van der Waals surface area contributed by atoms with Crippen LogP contribution in [0.5, 0.6) is 0 Å². The maximum atomic E-state index is 9.89. The summed E-state index contributed by atoms with van der Waals surface area (Å²) in [4.78, 5) is 14.5. The Balaban J connectivity index is 2.07. The summed E-state index contributed by atoms with van der Waals surface area (Å²) in [6, 6.07) is 0. The van der Waals surface area contributed by atoms with Gasteiger partial charge in [0.15, 0.2) is 0 Å². The van der Waals surface area contributed by atoms with E-state index < -0.39 is 6.09 Å². The third-order valence-electron chi connectivity index (χ3n) is 1.33. The lowest BCUT2D eigenvalue weighted by Gasteiger charge is -2.11. The Morgan fingerprint density at radius 1 is 1.50 bits per heavy atom. The van der Waals surface area contributed by atoms with E-state index in [1.807, 2.05) is 5.48 Å². The zero-order valence-electron chi connectivity index (χ0n) is 5.54. The summed E-state index contributed by atoms with van der Waals surface area (Å²) in [5.41, 5.74) is 1.83. The zero-order valence-corrected chi connectivity index (χ0v) is 5.54. The van der Waals surface area contributed by atoms with Crippen molar-refractivity contribution in [1.29, 1.82) is 0 Å². The van der Waals surface area contributed by atoms with Crippen LogP contribution in [0.3, 0.4) is 0 Å². The fourth-order valence-corrected chi connectivity index (χ4v) is 0.883. The second kappa shape index (κ2) is 3.38. The first-order valence-electron chi connectivity index (χ1n) is 3.20. The van der Waals surface area contributed by atoms with Crippen molar-refractivity contribution >= 4 is 6.09 Å². The minimum Gasteiger partial charge on any atom is -0.464 e. The fraction of sp³-hybridized carbons (Fsp3) is 0.800. The normalized spacial score (nSPS) is 19.2. The minimum atomic E-state index is -1.16. The van der Waals surface area contributed by atoms with E-state index in [1.165, 1.54) is 0 Å². The average Bonchev–Trinajstić information content (AvgIpc) is 2.34. The van der Waals surface area contributed by atoms with E-state index in [0.717, 1.165) is 25.9 Å². The molecule has 1 saturated heterocycles. The Labute approximate surface area is 58.5 Å². The van der Waals surface area contributed by atoms with E-state index in [1.54, 1.807) is 5.06 Å². The lowest BCUT2D eigenvalue weighted by molar-refractivity contribution is -0.185. The molecule has 1 aliphatic rings. The van der Waals surface area contributed by atoms with Gasteiger partial charge in [-0.05, 0) is 12.8 Å². The second-order valence-electron chi connectivity index (χ2n) is 2.13. The topological polar surface area (TPSA) is 61.8 Å². The number of nitrogens with one attached hydrogen (secondary N) is 1. The summed E-state index contributed by atoms with van der Waals surface area (Å²) in [5, 5.41) is 9.70. The highest BCUT2D eigenvalue weighted by Crippen LogP contribution is 2.05. The van der Waals surface area contributed by atoms with Gasteiger partial charge in [-0.25, -0.2) is 4.79 Å². The monoisotopic (exact) mass is 146 g/mol. The predicted molar refractivity (Wildman–Crippen MR) is 33.1 cm³/mol. The van der Waals surface area contributed by atoms with Gasteiger partial charge in [-0.2, -0.15) is 15.5 Å². The Kier molecular flexibility index (Phi) is 2.47. The number of hydrogen-bond acceptors (Lipinski definition) is 3. The van der Waals surface area contributed by atoms with E-state index in [4.69, 9.17) is 5.11 Å². The highest BCUT2D eigenvalue weighted by atomic mass is 16.8. The SMILES string of the molecule is O=C(O)NON1CCCC1. The molecule has 1 amide bonds. The Morgan fingerprint density at radius 3 is 2.60 bits per heavy atom. The van der Waals surface area contributed by atoms with Gasteiger partial charge >= 0.3 is 6.09 Å². The third kappa shape index (κ3) is 2.20. The molecule has 58 valence electrons. The maximum Gasteiger partial charge on any atom is 0.430 e. The molecule has 1 fully saturated rings. The largest absolute Gasteiger partial charge is 0.464 e. The minimum absolute atomic E-state index is 0.806. The Morgan fingerprint density at radius 2 is 2.10 bits per heavy atom. The first kappa shape index (κ1) is 7.30. The van der Waals surface area contributed by atoms with Gasteiger partial charge in [-0.1, -0.05) is 0 Å². The second-order valence-corrected chi connectivity index (χ2v) is 2.13. The number of amides is 1. The highest BCUT2D eigenvalue weighted by molar-refractivity contribution is 5.62. The maximum absolute atomic E-state index is 9.89. The van der Waals surface area contributed by atoms with Gasteiger partial charge in [0.2, 0.25) is 0 Å². The van der Waals surface area contributed by atoms with Gasteiger partial charge in [-0.15, -0.1) is 0 Å². The summed E-state index contributed by atoms with van der Waals surface area (Å²) in [5.74, 6) is 0. The van der Waals surface area contributed by atoms with Gasteiger partial charge < -0.3 is 5.11 Å². The molecular formula is C5H10N2O3. The van der Waals surface area contributed by atoms with Crippen molar-refractivity contribution in [3.63, 3.8) is 0 Å². The molecule has 1 aliphatic heterocycles. The molecule has 0 bridgehead atoms. The molecule has 1 heterocycles. The van der Waals surface area contributed by atoms with Crippen LogP contribution in [0.25, 0.3) is 0 Å². The van der Waals surface area contributed by atoms with Crippen LogP contribution in [0.4, 0.5) is 4.79 Å². The number of hydroxylamine groups is 3. The lowest BCUT2D eigenvalue weighted by Crippen LogP contribution is -2.32. The van der Waals surface area contributed by atoms with Crippen molar-refractivity contribution in [1.82, 2.24) is 10.5 Å². The van der Waals surface area contributed by atoms with E-state index >= 15 is 0 Å². The number of hydrogen-bond donors (Lipinski definition) is 2. The predicted octanol–water partition coefficient (Wildman–Crippen LogP) is 0.196.